The Labute approximate surface area is 264 Å². The molecule has 2 saturated heterocycles. The molecule has 0 unspecified atom stereocenters. The van der Waals surface area contributed by atoms with Crippen molar-refractivity contribution in [2.45, 2.75) is 76.0 Å². The average Bonchev–Trinajstić information content (AvgIpc) is 3.46. The molecular formula is C32H45Cl2CuNOP3. The van der Waals surface area contributed by atoms with E-state index in [9.17, 15) is 4.57 Å². The topological polar surface area (TPSA) is 43.1 Å². The van der Waals surface area contributed by atoms with Gasteiger partial charge in [0.1, 0.15) is 7.14 Å². The number of halogens is 2. The van der Waals surface area contributed by atoms with Gasteiger partial charge in [-0.15, -0.1) is 12.4 Å². The summed E-state index contributed by atoms with van der Waals surface area (Å²) in [4.78, 5) is 0. The van der Waals surface area contributed by atoms with Crippen LogP contribution in [-0.2, 0) is 19.7 Å². The van der Waals surface area contributed by atoms with Crippen LogP contribution in [0.4, 0.5) is 0 Å². The zero-order valence-electron chi connectivity index (χ0n) is 24.0. The van der Waals surface area contributed by atoms with Gasteiger partial charge in [-0.05, 0) is 73.5 Å². The van der Waals surface area contributed by atoms with Crippen molar-refractivity contribution in [2.75, 3.05) is 12.7 Å². The predicted molar refractivity (Wildman–Crippen MR) is 183 cm³/mol. The van der Waals surface area contributed by atoms with Gasteiger partial charge in [0.25, 0.3) is 0 Å². The Morgan fingerprint density at radius 3 is 1.65 bits per heavy atom. The van der Waals surface area contributed by atoms with Crippen LogP contribution in [0.2, 0.25) is 0 Å². The van der Waals surface area contributed by atoms with Crippen LogP contribution >= 0.6 is 45.5 Å². The van der Waals surface area contributed by atoms with Gasteiger partial charge in [-0.2, -0.15) is 0 Å². The molecular weight excluding hydrogens is 642 g/mol. The fourth-order valence-electron chi connectivity index (χ4n) is 6.18. The van der Waals surface area contributed by atoms with Crippen LogP contribution in [0.15, 0.2) is 84.9 Å². The molecule has 2 heterocycles. The van der Waals surface area contributed by atoms with E-state index in [0.29, 0.717) is 11.3 Å². The van der Waals surface area contributed by atoms with Crippen molar-refractivity contribution in [3.8, 4) is 0 Å². The third kappa shape index (κ3) is 8.46. The maximum absolute atomic E-state index is 13.9. The third-order valence-electron chi connectivity index (χ3n) is 8.29. The quantitative estimate of drug-likeness (QED) is 0.210. The van der Waals surface area contributed by atoms with E-state index < -0.39 is 7.14 Å². The third-order valence-corrected chi connectivity index (χ3v) is 18.7. The zero-order valence-corrected chi connectivity index (χ0v) is 29.2. The van der Waals surface area contributed by atoms with E-state index in [0.717, 1.165) is 36.9 Å². The molecule has 0 aliphatic carbocycles. The van der Waals surface area contributed by atoms with E-state index in [4.69, 9.17) is 5.73 Å². The molecule has 0 saturated carbocycles. The maximum atomic E-state index is 13.9. The molecule has 3 aromatic rings. The molecule has 0 spiro atoms. The molecule has 0 bridgehead atoms. The Hall–Kier alpha value is -0.191. The van der Waals surface area contributed by atoms with Gasteiger partial charge in [-0.3, -0.25) is 0 Å². The second-order valence-electron chi connectivity index (χ2n) is 10.8. The van der Waals surface area contributed by atoms with E-state index in [1.54, 1.807) is 0 Å². The molecule has 224 valence electrons. The monoisotopic (exact) mass is 685 g/mol. The number of hydrogen-bond donors (Lipinski definition) is 1. The van der Waals surface area contributed by atoms with Crippen LogP contribution in [0, 0.1) is 0 Å². The van der Waals surface area contributed by atoms with Crippen LogP contribution in [0.5, 0.6) is 0 Å². The molecule has 8 heteroatoms. The molecule has 0 amide bonds. The molecule has 2 fully saturated rings. The first-order valence-electron chi connectivity index (χ1n) is 14.0. The standard InChI is InChI=1S/C18H28OP2.C14H16NP.2ClH.Cu/c1-13-9-10-14(2)20(13)17-7-5-6-8-18(17)21(19)15(3)11-12-16(21)4;15-11-12-16(13-7-3-1-4-8-13)14-9-5-2-6-10-14;;;/h5-8,13-16H,9-12H2,1-4H3;1-10H,11-12,15H2;2*1H;/q;;;;+1/p-1/t13-,14-,15-,16-;;;;/m1..../s1. The number of rotatable bonds is 6. The van der Waals surface area contributed by atoms with E-state index in [1.165, 1.54) is 34.1 Å². The second kappa shape index (κ2) is 17.8. The van der Waals surface area contributed by atoms with Crippen molar-refractivity contribution in [1.82, 2.24) is 0 Å². The first-order chi connectivity index (χ1) is 18.9. The minimum atomic E-state index is -2.23. The first kappa shape index (κ1) is 36.0. The van der Waals surface area contributed by atoms with Crippen molar-refractivity contribution < 1.29 is 19.7 Å². The summed E-state index contributed by atoms with van der Waals surface area (Å²) >= 11 is 3.66. The molecule has 2 aliphatic heterocycles. The van der Waals surface area contributed by atoms with Crippen LogP contribution < -0.4 is 27.0 Å². The van der Waals surface area contributed by atoms with Gasteiger partial charge in [0.2, 0.25) is 0 Å². The minimum absolute atomic E-state index is 0. The summed E-state index contributed by atoms with van der Waals surface area (Å²) in [5.74, 6) is 0. The molecule has 0 radical (unpaired) electrons. The second-order valence-corrected chi connectivity index (χ2v) is 19.8. The molecule has 0 aromatic heterocycles. The Morgan fingerprint density at radius 1 is 0.775 bits per heavy atom. The molecule has 2 N–H and O–H groups in total. The van der Waals surface area contributed by atoms with Crippen molar-refractivity contribution in [3.63, 3.8) is 0 Å². The van der Waals surface area contributed by atoms with Crippen molar-refractivity contribution in [1.29, 1.82) is 0 Å². The van der Waals surface area contributed by atoms with Gasteiger partial charge in [-0.25, -0.2) is 0 Å². The van der Waals surface area contributed by atoms with Crippen LogP contribution in [0.3, 0.4) is 0 Å². The molecule has 2 nitrogen and oxygen atoms in total. The van der Waals surface area contributed by atoms with Gasteiger partial charge in [0.15, 0.2) is 0 Å². The summed E-state index contributed by atoms with van der Waals surface area (Å²) in [6.45, 7) is 9.99. The molecule has 4 atom stereocenters. The van der Waals surface area contributed by atoms with Crippen molar-refractivity contribution >= 4 is 66.7 Å². The summed E-state index contributed by atoms with van der Waals surface area (Å²) in [7, 11) is 1.55. The Balaban J connectivity index is 0.000000266. The average molecular weight is 687 g/mol. The summed E-state index contributed by atoms with van der Waals surface area (Å²) in [5.41, 5.74) is 8.04. The van der Waals surface area contributed by atoms with Crippen molar-refractivity contribution in [2.24, 2.45) is 5.73 Å². The molecule has 5 rings (SSSR count). The molecule has 2 aliphatic rings. The van der Waals surface area contributed by atoms with Gasteiger partial charge < -0.3 is 10.3 Å². The normalized spacial score (nSPS) is 23.4. The van der Waals surface area contributed by atoms with Gasteiger partial charge in [0, 0.05) is 16.6 Å². The fraction of sp³-hybridized carbons (Fsp3) is 0.438. The van der Waals surface area contributed by atoms with Gasteiger partial charge >= 0.3 is 25.2 Å². The predicted octanol–water partition coefficient (Wildman–Crippen LogP) is 8.11. The summed E-state index contributed by atoms with van der Waals surface area (Å²) in [6, 6.07) is 30.1. The number of hydrogen-bond acceptors (Lipinski definition) is 2. The Morgan fingerprint density at radius 2 is 1.20 bits per heavy atom. The number of benzene rings is 3. The molecule has 40 heavy (non-hydrogen) atoms. The van der Waals surface area contributed by atoms with Gasteiger partial charge in [0.05, 0.1) is 0 Å². The molecule has 3 aromatic carbocycles. The summed E-state index contributed by atoms with van der Waals surface area (Å²) in [6.07, 6.45) is 6.02. The van der Waals surface area contributed by atoms with Crippen molar-refractivity contribution in [3.05, 3.63) is 84.9 Å². The Kier molecular flexibility index (Phi) is 16.0. The van der Waals surface area contributed by atoms with E-state index in [2.05, 4.69) is 138 Å². The van der Waals surface area contributed by atoms with E-state index in [1.807, 2.05) is 0 Å². The summed E-state index contributed by atoms with van der Waals surface area (Å²) < 4.78 is 13.9. The van der Waals surface area contributed by atoms with E-state index >= 15 is 0 Å². The SMILES string of the molecule is C[C@@H]1CC[C@@H](C)P1c1ccccc1P1(=O)[C@H](C)CC[C@H]1C.Cl.NCCP(c1ccccc1)c1ccccc1.[Cl][Cu]. The van der Waals surface area contributed by atoms with Crippen LogP contribution in [-0.4, -0.2) is 35.3 Å². The van der Waals surface area contributed by atoms with Crippen LogP contribution in [0.1, 0.15) is 53.4 Å². The Bertz CT molecular complexity index is 1120. The first-order valence-corrected chi connectivity index (χ1v) is 20.2. The summed E-state index contributed by atoms with van der Waals surface area (Å²) in [5, 5.41) is 5.56. The number of nitrogens with two attached hydrogens (primary N) is 1. The van der Waals surface area contributed by atoms with E-state index in [-0.39, 0.29) is 28.3 Å². The zero-order chi connectivity index (χ0) is 28.4. The fourth-order valence-corrected chi connectivity index (χ4v) is 16.0. The van der Waals surface area contributed by atoms with Crippen LogP contribution in [0.25, 0.3) is 0 Å². The van der Waals surface area contributed by atoms with Gasteiger partial charge in [-0.1, -0.05) is 121 Å².